The van der Waals surface area contributed by atoms with E-state index in [1.165, 1.54) is 12.1 Å². The number of benzene rings is 3. The number of rotatable bonds is 10. The Morgan fingerprint density at radius 3 is 2.39 bits per heavy atom. The molecule has 3 aromatic carbocycles. The van der Waals surface area contributed by atoms with Crippen LogP contribution in [0.3, 0.4) is 0 Å². The monoisotopic (exact) mass is 603 g/mol. The summed E-state index contributed by atoms with van der Waals surface area (Å²) < 4.78 is 52.3. The Bertz CT molecular complexity index is 1710. The molecule has 6 nitrogen and oxygen atoms in total. The molecular formula is C35H36F3N3O3. The van der Waals surface area contributed by atoms with Crippen molar-refractivity contribution in [2.75, 3.05) is 19.8 Å². The third kappa shape index (κ3) is 7.10. The third-order valence-corrected chi connectivity index (χ3v) is 7.88. The van der Waals surface area contributed by atoms with Crippen LogP contribution in [0.1, 0.15) is 56.5 Å². The average molecular weight is 604 g/mol. The van der Waals surface area contributed by atoms with Crippen LogP contribution in [0.2, 0.25) is 0 Å². The van der Waals surface area contributed by atoms with E-state index in [2.05, 4.69) is 13.0 Å². The molecule has 0 aliphatic carbocycles. The molecule has 2 atom stereocenters. The minimum atomic E-state index is -4.38. The lowest BCUT2D eigenvalue weighted by molar-refractivity contribution is -0.137. The van der Waals surface area contributed by atoms with Crippen molar-refractivity contribution in [3.8, 4) is 11.4 Å². The van der Waals surface area contributed by atoms with Gasteiger partial charge in [0.1, 0.15) is 11.6 Å². The van der Waals surface area contributed by atoms with Crippen molar-refractivity contribution < 1.29 is 22.6 Å². The summed E-state index contributed by atoms with van der Waals surface area (Å²) in [6.45, 7) is 7.28. The van der Waals surface area contributed by atoms with E-state index in [9.17, 15) is 18.0 Å². The lowest BCUT2D eigenvalue weighted by Crippen LogP contribution is -2.27. The molecule has 0 bridgehead atoms. The number of fused-ring (bicyclic) bond motifs is 1. The summed E-state index contributed by atoms with van der Waals surface area (Å²) in [6, 6.07) is 20.0. The molecule has 4 aromatic rings. The van der Waals surface area contributed by atoms with E-state index < -0.39 is 11.7 Å². The van der Waals surface area contributed by atoms with Gasteiger partial charge >= 0.3 is 6.18 Å². The molecule has 0 amide bonds. The maximum Gasteiger partial charge on any atom is 0.416 e. The second kappa shape index (κ2) is 13.6. The number of hydrogen-bond donors (Lipinski definition) is 0. The highest BCUT2D eigenvalue weighted by Crippen LogP contribution is 2.34. The predicted molar refractivity (Wildman–Crippen MR) is 167 cm³/mol. The normalized spacial score (nSPS) is 16.3. The van der Waals surface area contributed by atoms with Crippen molar-refractivity contribution in [1.29, 1.82) is 0 Å². The molecule has 2 heterocycles. The van der Waals surface area contributed by atoms with Crippen molar-refractivity contribution in [2.45, 2.75) is 52.1 Å². The number of para-hydroxylation sites is 1. The van der Waals surface area contributed by atoms with Crippen molar-refractivity contribution in [2.24, 2.45) is 10.9 Å². The van der Waals surface area contributed by atoms with Gasteiger partial charge in [-0.25, -0.2) is 4.98 Å². The van der Waals surface area contributed by atoms with Gasteiger partial charge in [-0.3, -0.25) is 14.4 Å². The van der Waals surface area contributed by atoms with E-state index in [1.54, 1.807) is 10.6 Å². The van der Waals surface area contributed by atoms with E-state index >= 15 is 0 Å². The first-order valence-electron chi connectivity index (χ1n) is 14.9. The molecule has 0 fully saturated rings. The fraction of sp³-hybridized carbons (Fsp3) is 0.343. The van der Waals surface area contributed by atoms with E-state index in [0.717, 1.165) is 41.3 Å². The standard InChI is InChI=1S/C35H36F3N3O3/c1-4-43-22-28-21-25(12-15-27(39-28)20-24-10-13-26(14-11-24)35(36,37)38)23(3)33-40-32-9-7-6-8-31(32)34(42)41(33)29-16-18-30(19-17-29)44-5-2/h6-11,13-14,16-19,21,23,25H,4-5,12,15,20,22H2,1-3H3. The number of alkyl halides is 3. The van der Waals surface area contributed by atoms with Gasteiger partial charge in [0, 0.05) is 24.7 Å². The van der Waals surface area contributed by atoms with Crippen molar-refractivity contribution in [3.63, 3.8) is 0 Å². The minimum absolute atomic E-state index is 0.0266. The van der Waals surface area contributed by atoms with Gasteiger partial charge in [0.2, 0.25) is 0 Å². The summed E-state index contributed by atoms with van der Waals surface area (Å²) in [5.74, 6) is 1.16. The first-order valence-corrected chi connectivity index (χ1v) is 14.9. The Morgan fingerprint density at radius 1 is 0.977 bits per heavy atom. The average Bonchev–Trinajstić information content (AvgIpc) is 3.22. The zero-order valence-electron chi connectivity index (χ0n) is 25.1. The molecule has 9 heteroatoms. The summed E-state index contributed by atoms with van der Waals surface area (Å²) in [7, 11) is 0. The van der Waals surface area contributed by atoms with Crippen molar-refractivity contribution >= 4 is 16.6 Å². The SMILES string of the molecule is CCOCC1=CC(C(C)c2nc3ccccc3c(=O)n2-c2ccc(OCC)cc2)CCC(Cc2ccc(C(F)(F)F)cc2)=N1. The topological polar surface area (TPSA) is 65.7 Å². The van der Waals surface area contributed by atoms with Gasteiger partial charge in [0.15, 0.2) is 0 Å². The highest BCUT2D eigenvalue weighted by molar-refractivity contribution is 5.87. The van der Waals surface area contributed by atoms with E-state index in [-0.39, 0.29) is 17.4 Å². The summed E-state index contributed by atoms with van der Waals surface area (Å²) in [6.07, 6.45) is -0.471. The quantitative estimate of drug-likeness (QED) is 0.185. The first kappa shape index (κ1) is 31.2. The number of aromatic nitrogens is 2. The highest BCUT2D eigenvalue weighted by Gasteiger charge is 2.30. The highest BCUT2D eigenvalue weighted by atomic mass is 19.4. The van der Waals surface area contributed by atoms with Gasteiger partial charge in [-0.2, -0.15) is 13.2 Å². The number of hydrogen-bond acceptors (Lipinski definition) is 5. The first-order chi connectivity index (χ1) is 21.2. The number of halogens is 3. The molecule has 0 N–H and O–H groups in total. The Morgan fingerprint density at radius 2 is 1.70 bits per heavy atom. The number of aliphatic imine (C=N–C) groups is 1. The second-order valence-electron chi connectivity index (χ2n) is 10.9. The molecule has 0 spiro atoms. The largest absolute Gasteiger partial charge is 0.494 e. The maximum atomic E-state index is 13.9. The fourth-order valence-electron chi connectivity index (χ4n) is 5.57. The molecule has 2 unspecified atom stereocenters. The van der Waals surface area contributed by atoms with Crippen LogP contribution >= 0.6 is 0 Å². The molecule has 0 radical (unpaired) electrons. The Hall–Kier alpha value is -4.24. The molecule has 0 saturated heterocycles. The Balaban J connectivity index is 1.48. The van der Waals surface area contributed by atoms with E-state index in [1.807, 2.05) is 56.3 Å². The van der Waals surface area contributed by atoms with Gasteiger partial charge in [-0.1, -0.05) is 37.3 Å². The van der Waals surface area contributed by atoms with Crippen LogP contribution in [0, 0.1) is 5.92 Å². The van der Waals surface area contributed by atoms with Gasteiger partial charge < -0.3 is 9.47 Å². The van der Waals surface area contributed by atoms with Gasteiger partial charge in [0.25, 0.3) is 5.56 Å². The van der Waals surface area contributed by atoms with Crippen LogP contribution in [-0.4, -0.2) is 35.1 Å². The van der Waals surface area contributed by atoms with Gasteiger partial charge in [-0.05, 0) is 86.7 Å². The van der Waals surface area contributed by atoms with Crippen molar-refractivity contribution in [3.05, 3.63) is 112 Å². The zero-order chi connectivity index (χ0) is 31.3. The molecule has 44 heavy (non-hydrogen) atoms. The van der Waals surface area contributed by atoms with E-state index in [4.69, 9.17) is 19.5 Å². The summed E-state index contributed by atoms with van der Waals surface area (Å²) in [5, 5.41) is 0.535. The minimum Gasteiger partial charge on any atom is -0.494 e. The number of ether oxygens (including phenoxy) is 2. The van der Waals surface area contributed by atoms with Crippen LogP contribution in [0.5, 0.6) is 5.75 Å². The van der Waals surface area contributed by atoms with E-state index in [0.29, 0.717) is 55.1 Å². The van der Waals surface area contributed by atoms with Crippen molar-refractivity contribution in [1.82, 2.24) is 9.55 Å². The maximum absolute atomic E-state index is 13.9. The van der Waals surface area contributed by atoms with Gasteiger partial charge in [0.05, 0.1) is 41.1 Å². The predicted octanol–water partition coefficient (Wildman–Crippen LogP) is 7.92. The third-order valence-electron chi connectivity index (χ3n) is 7.88. The lowest BCUT2D eigenvalue weighted by atomic mass is 9.87. The molecule has 1 aliphatic heterocycles. The smallest absolute Gasteiger partial charge is 0.416 e. The molecular weight excluding hydrogens is 567 g/mol. The number of nitrogens with zero attached hydrogens (tertiary/aromatic N) is 3. The fourth-order valence-corrected chi connectivity index (χ4v) is 5.57. The Kier molecular flexibility index (Phi) is 9.64. The molecule has 0 saturated carbocycles. The van der Waals surface area contributed by atoms with Crippen LogP contribution < -0.4 is 10.3 Å². The summed E-state index contributed by atoms with van der Waals surface area (Å²) >= 11 is 0. The molecule has 230 valence electrons. The zero-order valence-corrected chi connectivity index (χ0v) is 25.1. The molecule has 1 aliphatic rings. The summed E-state index contributed by atoms with van der Waals surface area (Å²) in [5.41, 5.74) is 2.92. The second-order valence-corrected chi connectivity index (χ2v) is 10.9. The molecule has 5 rings (SSSR count). The van der Waals surface area contributed by atoms with Crippen LogP contribution in [0.4, 0.5) is 13.2 Å². The lowest BCUT2D eigenvalue weighted by Gasteiger charge is -2.24. The summed E-state index contributed by atoms with van der Waals surface area (Å²) in [4.78, 5) is 23.9. The molecule has 1 aromatic heterocycles. The van der Waals surface area contributed by atoms with Crippen LogP contribution in [0.15, 0.2) is 94.4 Å². The Labute approximate surface area is 254 Å². The number of allylic oxidation sites excluding steroid dienone is 1. The van der Waals surface area contributed by atoms with Crippen LogP contribution in [0.25, 0.3) is 16.6 Å². The van der Waals surface area contributed by atoms with Crippen LogP contribution in [-0.2, 0) is 17.3 Å². The van der Waals surface area contributed by atoms with Gasteiger partial charge in [-0.15, -0.1) is 0 Å².